The quantitative estimate of drug-likeness (QED) is 0.424. The lowest BCUT2D eigenvalue weighted by Gasteiger charge is -2.69. The number of hydrogen-bond acceptors (Lipinski definition) is 2. The molecule has 4 fully saturated rings. The van der Waals surface area contributed by atoms with Gasteiger partial charge in [0.05, 0.1) is 12.2 Å². The van der Waals surface area contributed by atoms with Crippen LogP contribution in [-0.2, 0) is 0 Å². The Morgan fingerprint density at radius 3 is 2.09 bits per heavy atom. The van der Waals surface area contributed by atoms with Crippen LogP contribution in [-0.4, -0.2) is 22.4 Å². The van der Waals surface area contributed by atoms with Crippen molar-refractivity contribution in [1.29, 1.82) is 0 Å². The normalized spacial score (nSPS) is 54.2. The molecule has 0 bridgehead atoms. The zero-order valence-electron chi connectivity index (χ0n) is 22.0. The Kier molecular flexibility index (Phi) is 5.19. The van der Waals surface area contributed by atoms with Gasteiger partial charge in [0.15, 0.2) is 0 Å². The summed E-state index contributed by atoms with van der Waals surface area (Å²) in [5.41, 5.74) is 2.96. The second-order valence-corrected chi connectivity index (χ2v) is 14.9. The Labute approximate surface area is 197 Å². The summed E-state index contributed by atoms with van der Waals surface area (Å²) in [5.74, 6) is 2.99. The first kappa shape index (κ1) is 23.4. The molecule has 9 atom stereocenters. The van der Waals surface area contributed by atoms with Gasteiger partial charge in [-0.1, -0.05) is 60.1 Å². The van der Waals surface area contributed by atoms with Crippen LogP contribution in [0, 0.1) is 50.7 Å². The zero-order valence-corrected chi connectivity index (χ0v) is 22.0. The molecule has 9 unspecified atom stereocenters. The lowest BCUT2D eigenvalue weighted by atomic mass is 9.35. The monoisotopic (exact) mass is 442 g/mol. The summed E-state index contributed by atoms with van der Waals surface area (Å²) >= 11 is 0. The maximum Gasteiger partial charge on any atom is 0.0628 e. The number of aliphatic hydroxyl groups excluding tert-OH is 2. The van der Waals surface area contributed by atoms with Gasteiger partial charge in [-0.15, -0.1) is 0 Å². The predicted octanol–water partition coefficient (Wildman–Crippen LogP) is 7.14. The van der Waals surface area contributed by atoms with E-state index in [1.807, 2.05) is 0 Å². The van der Waals surface area contributed by atoms with Crippen LogP contribution in [0.25, 0.3) is 0 Å². The van der Waals surface area contributed by atoms with Crippen LogP contribution in [0.4, 0.5) is 0 Å². The van der Waals surface area contributed by atoms with Gasteiger partial charge >= 0.3 is 0 Å². The topological polar surface area (TPSA) is 40.5 Å². The van der Waals surface area contributed by atoms with E-state index in [1.54, 1.807) is 5.57 Å². The minimum Gasteiger partial charge on any atom is -0.393 e. The summed E-state index contributed by atoms with van der Waals surface area (Å²) in [6, 6.07) is 0. The maximum absolute atomic E-state index is 10.9. The van der Waals surface area contributed by atoms with Gasteiger partial charge in [-0.25, -0.2) is 0 Å². The van der Waals surface area contributed by atoms with E-state index >= 15 is 0 Å². The van der Waals surface area contributed by atoms with Crippen molar-refractivity contribution in [3.63, 3.8) is 0 Å². The molecule has 2 nitrogen and oxygen atoms in total. The minimum absolute atomic E-state index is 0.0181. The zero-order chi connectivity index (χ0) is 23.3. The molecule has 0 radical (unpaired) electrons. The van der Waals surface area contributed by atoms with Gasteiger partial charge in [0, 0.05) is 0 Å². The Bertz CT molecular complexity index is 795. The Hall–Kier alpha value is -0.340. The summed E-state index contributed by atoms with van der Waals surface area (Å²) < 4.78 is 0. The van der Waals surface area contributed by atoms with E-state index in [4.69, 9.17) is 0 Å². The van der Waals surface area contributed by atoms with E-state index < -0.39 is 0 Å². The Balaban J connectivity index is 1.46. The number of fused-ring (bicyclic) bond motifs is 5. The number of aliphatic hydroxyl groups is 2. The summed E-state index contributed by atoms with van der Waals surface area (Å²) in [6.07, 6.45) is 14.4. The third kappa shape index (κ3) is 2.90. The van der Waals surface area contributed by atoms with Crippen LogP contribution >= 0.6 is 0 Å². The third-order valence-electron chi connectivity index (χ3n) is 13.0. The van der Waals surface area contributed by atoms with Gasteiger partial charge in [-0.3, -0.25) is 0 Å². The van der Waals surface area contributed by atoms with E-state index in [-0.39, 0.29) is 23.0 Å². The lowest BCUT2D eigenvalue weighted by molar-refractivity contribution is -0.220. The van der Waals surface area contributed by atoms with Crippen molar-refractivity contribution in [2.45, 2.75) is 125 Å². The van der Waals surface area contributed by atoms with E-state index in [0.717, 1.165) is 37.0 Å². The molecule has 5 aliphatic rings. The van der Waals surface area contributed by atoms with Crippen LogP contribution in [0.15, 0.2) is 11.6 Å². The van der Waals surface area contributed by atoms with E-state index in [2.05, 4.69) is 54.5 Å². The van der Waals surface area contributed by atoms with Gasteiger partial charge in [0.2, 0.25) is 0 Å². The van der Waals surface area contributed by atoms with Crippen molar-refractivity contribution in [3.05, 3.63) is 11.6 Å². The van der Waals surface area contributed by atoms with E-state index in [9.17, 15) is 10.2 Å². The van der Waals surface area contributed by atoms with Crippen LogP contribution in [0.3, 0.4) is 0 Å². The highest BCUT2D eigenvalue weighted by atomic mass is 16.3. The van der Waals surface area contributed by atoms with Gasteiger partial charge < -0.3 is 10.2 Å². The van der Waals surface area contributed by atoms with Crippen LogP contribution in [0.5, 0.6) is 0 Å². The molecule has 5 rings (SSSR count). The standard InChI is InChI=1S/C30H50O2/c1-26(2)18-19(8-11-24(26)31)20-12-16-29(6)21(20)9-10-23-28(5)15-14-25(32)27(3,4)22(28)13-17-30(23,29)7/h8,20-25,31-32H,9-18H2,1-7H3. The molecule has 2 heteroatoms. The Morgan fingerprint density at radius 1 is 0.719 bits per heavy atom. The molecule has 5 aliphatic carbocycles. The summed E-state index contributed by atoms with van der Waals surface area (Å²) in [6.45, 7) is 17.2. The van der Waals surface area contributed by atoms with Crippen molar-refractivity contribution >= 4 is 0 Å². The molecule has 0 heterocycles. The molecular formula is C30H50O2. The van der Waals surface area contributed by atoms with Crippen molar-refractivity contribution in [3.8, 4) is 0 Å². The molecule has 0 spiro atoms. The molecule has 2 N–H and O–H groups in total. The van der Waals surface area contributed by atoms with E-state index in [1.165, 1.54) is 44.9 Å². The first-order chi connectivity index (χ1) is 14.8. The second-order valence-electron chi connectivity index (χ2n) is 14.9. The summed E-state index contributed by atoms with van der Waals surface area (Å²) in [7, 11) is 0. The smallest absolute Gasteiger partial charge is 0.0628 e. The minimum atomic E-state index is -0.187. The van der Waals surface area contributed by atoms with E-state index in [0.29, 0.717) is 22.2 Å². The molecule has 0 saturated heterocycles. The van der Waals surface area contributed by atoms with Gasteiger partial charge in [0.1, 0.15) is 0 Å². The number of hydrogen-bond donors (Lipinski definition) is 2. The second kappa shape index (κ2) is 7.09. The van der Waals surface area contributed by atoms with Crippen molar-refractivity contribution < 1.29 is 10.2 Å². The molecule has 4 saturated carbocycles. The van der Waals surface area contributed by atoms with Gasteiger partial charge in [-0.2, -0.15) is 0 Å². The largest absolute Gasteiger partial charge is 0.393 e. The molecular weight excluding hydrogens is 392 g/mol. The average molecular weight is 443 g/mol. The molecule has 0 aliphatic heterocycles. The number of rotatable bonds is 1. The Morgan fingerprint density at radius 2 is 1.41 bits per heavy atom. The molecule has 0 amide bonds. The molecule has 0 aromatic rings. The van der Waals surface area contributed by atoms with Crippen molar-refractivity contribution in [1.82, 2.24) is 0 Å². The van der Waals surface area contributed by atoms with Crippen LogP contribution in [0.1, 0.15) is 113 Å². The first-order valence-electron chi connectivity index (χ1n) is 13.8. The van der Waals surface area contributed by atoms with Gasteiger partial charge in [0.25, 0.3) is 0 Å². The first-order valence-corrected chi connectivity index (χ1v) is 13.8. The maximum atomic E-state index is 10.9. The fourth-order valence-electron chi connectivity index (χ4n) is 10.8. The fourth-order valence-corrected chi connectivity index (χ4v) is 10.8. The molecule has 0 aromatic carbocycles. The average Bonchev–Trinajstić information content (AvgIpc) is 3.06. The third-order valence-corrected chi connectivity index (χ3v) is 13.0. The highest BCUT2D eigenvalue weighted by molar-refractivity contribution is 5.24. The fraction of sp³-hybridized carbons (Fsp3) is 0.933. The SMILES string of the molecule is CC1(C)CC(C2CCC3(C)C2CCC2C4(C)CCC(O)C(C)(C)C4CCC23C)=CCC1O. The molecule has 0 aromatic heterocycles. The van der Waals surface area contributed by atoms with Crippen molar-refractivity contribution in [2.75, 3.05) is 0 Å². The predicted molar refractivity (Wildman–Crippen MR) is 132 cm³/mol. The lowest BCUT2D eigenvalue weighted by Crippen LogP contribution is -2.63. The highest BCUT2D eigenvalue weighted by Crippen LogP contribution is 2.75. The van der Waals surface area contributed by atoms with Gasteiger partial charge in [-0.05, 0) is 115 Å². The number of allylic oxidation sites excluding steroid dienone is 1. The molecule has 182 valence electrons. The summed E-state index contributed by atoms with van der Waals surface area (Å²) in [5, 5.41) is 21.4. The van der Waals surface area contributed by atoms with Crippen LogP contribution in [0.2, 0.25) is 0 Å². The van der Waals surface area contributed by atoms with Crippen LogP contribution < -0.4 is 0 Å². The summed E-state index contributed by atoms with van der Waals surface area (Å²) in [4.78, 5) is 0. The molecule has 32 heavy (non-hydrogen) atoms. The van der Waals surface area contributed by atoms with Crippen molar-refractivity contribution in [2.24, 2.45) is 50.7 Å². The highest BCUT2D eigenvalue weighted by Gasteiger charge is 2.68.